The van der Waals surface area contributed by atoms with Crippen LogP contribution in [0.4, 0.5) is 4.79 Å². The van der Waals surface area contributed by atoms with Crippen LogP contribution in [0, 0.1) is 0 Å². The van der Waals surface area contributed by atoms with Crippen molar-refractivity contribution in [2.24, 2.45) is 0 Å². The van der Waals surface area contributed by atoms with Crippen molar-refractivity contribution in [2.45, 2.75) is 70.2 Å². The molecule has 2 bridgehead atoms. The first-order chi connectivity index (χ1) is 9.30. The molecule has 6 heteroatoms. The van der Waals surface area contributed by atoms with Gasteiger partial charge in [-0.05, 0) is 47.0 Å². The van der Waals surface area contributed by atoms with Gasteiger partial charge in [-0.1, -0.05) is 12.2 Å². The first kappa shape index (κ1) is 14.0. The second-order valence-electron chi connectivity index (χ2n) is 6.80. The van der Waals surface area contributed by atoms with Gasteiger partial charge in [-0.25, -0.2) is 4.79 Å². The molecule has 0 aliphatic carbocycles. The summed E-state index contributed by atoms with van der Waals surface area (Å²) in [5, 5.41) is 0. The Hall–Kier alpha value is -1.01. The molecule has 3 aliphatic rings. The first-order valence-corrected chi connectivity index (χ1v) is 7.31. The van der Waals surface area contributed by atoms with E-state index in [1.807, 2.05) is 32.6 Å². The standard InChI is InChI=1S/C14H22BNO4/c1-13(2)14(3,4)20-15(19-13)18-12(17)16-10-6-5-7-11(16)9-8-10/h5-6,10-11H,7-9H2,1-4H3. The lowest BCUT2D eigenvalue weighted by Gasteiger charge is -2.31. The van der Waals surface area contributed by atoms with Gasteiger partial charge in [-0.15, -0.1) is 0 Å². The summed E-state index contributed by atoms with van der Waals surface area (Å²) in [7, 11) is -0.919. The summed E-state index contributed by atoms with van der Waals surface area (Å²) >= 11 is 0. The predicted octanol–water partition coefficient (Wildman–Crippen LogP) is 2.50. The van der Waals surface area contributed by atoms with Crippen LogP contribution >= 0.6 is 0 Å². The number of carbonyl (C=O) groups is 1. The predicted molar refractivity (Wildman–Crippen MR) is 75.0 cm³/mol. The Bertz CT molecular complexity index is 432. The average molecular weight is 279 g/mol. The first-order valence-electron chi connectivity index (χ1n) is 7.31. The van der Waals surface area contributed by atoms with E-state index < -0.39 is 18.5 Å². The van der Waals surface area contributed by atoms with Gasteiger partial charge >= 0.3 is 13.4 Å². The number of rotatable bonds is 1. The molecule has 0 aromatic carbocycles. The van der Waals surface area contributed by atoms with E-state index in [-0.39, 0.29) is 18.2 Å². The Kier molecular flexibility index (Phi) is 3.14. The molecule has 3 rings (SSSR count). The molecule has 0 N–H and O–H groups in total. The molecular weight excluding hydrogens is 257 g/mol. The van der Waals surface area contributed by atoms with E-state index >= 15 is 0 Å². The summed E-state index contributed by atoms with van der Waals surface area (Å²) in [6.45, 7) is 7.75. The fourth-order valence-electron chi connectivity index (χ4n) is 2.99. The van der Waals surface area contributed by atoms with Crippen LogP contribution in [0.25, 0.3) is 0 Å². The Labute approximate surface area is 120 Å². The van der Waals surface area contributed by atoms with Gasteiger partial charge in [0, 0.05) is 6.04 Å². The third-order valence-electron chi connectivity index (χ3n) is 4.95. The summed E-state index contributed by atoms with van der Waals surface area (Å²) in [6.07, 6.45) is 6.88. The highest BCUT2D eigenvalue weighted by atomic mass is 16.8. The van der Waals surface area contributed by atoms with Gasteiger partial charge < -0.3 is 14.0 Å². The summed E-state index contributed by atoms with van der Waals surface area (Å²) in [4.78, 5) is 14.2. The van der Waals surface area contributed by atoms with Crippen molar-refractivity contribution in [1.29, 1.82) is 0 Å². The minimum atomic E-state index is -0.919. The highest BCUT2D eigenvalue weighted by Crippen LogP contribution is 2.38. The Morgan fingerprint density at radius 2 is 1.90 bits per heavy atom. The molecule has 3 aliphatic heterocycles. The zero-order valence-corrected chi connectivity index (χ0v) is 12.6. The number of carbonyl (C=O) groups excluding carboxylic acids is 1. The van der Waals surface area contributed by atoms with Crippen molar-refractivity contribution in [3.05, 3.63) is 12.2 Å². The smallest absolute Gasteiger partial charge is 0.468 e. The topological polar surface area (TPSA) is 48.0 Å². The maximum absolute atomic E-state index is 12.3. The normalized spacial score (nSPS) is 33.6. The molecule has 0 aromatic rings. The highest BCUT2D eigenvalue weighted by molar-refractivity contribution is 6.40. The molecule has 20 heavy (non-hydrogen) atoms. The quantitative estimate of drug-likeness (QED) is 0.546. The highest BCUT2D eigenvalue weighted by Gasteiger charge is 2.55. The summed E-state index contributed by atoms with van der Waals surface area (Å²) in [6, 6.07) is 0.434. The molecule has 0 radical (unpaired) electrons. The molecule has 5 nitrogen and oxygen atoms in total. The van der Waals surface area contributed by atoms with Crippen molar-refractivity contribution in [3.63, 3.8) is 0 Å². The van der Waals surface area contributed by atoms with E-state index in [1.54, 1.807) is 0 Å². The van der Waals surface area contributed by atoms with Gasteiger partial charge in [0.25, 0.3) is 0 Å². The molecule has 2 unspecified atom stereocenters. The zero-order chi connectivity index (χ0) is 14.5. The molecule has 0 spiro atoms. The Balaban J connectivity index is 1.65. The Morgan fingerprint density at radius 3 is 2.50 bits per heavy atom. The van der Waals surface area contributed by atoms with Crippen LogP contribution in [-0.2, 0) is 14.0 Å². The van der Waals surface area contributed by atoms with E-state index in [2.05, 4.69) is 12.2 Å². The summed E-state index contributed by atoms with van der Waals surface area (Å²) < 4.78 is 16.8. The number of amides is 1. The van der Waals surface area contributed by atoms with E-state index in [4.69, 9.17) is 14.0 Å². The molecule has 2 atom stereocenters. The van der Waals surface area contributed by atoms with Crippen molar-refractivity contribution >= 4 is 13.4 Å². The van der Waals surface area contributed by atoms with Crippen LogP contribution in [0.5, 0.6) is 0 Å². The number of nitrogens with zero attached hydrogens (tertiary/aromatic N) is 1. The monoisotopic (exact) mass is 279 g/mol. The van der Waals surface area contributed by atoms with Crippen molar-refractivity contribution in [1.82, 2.24) is 4.90 Å². The van der Waals surface area contributed by atoms with Crippen LogP contribution < -0.4 is 0 Å². The molecule has 110 valence electrons. The zero-order valence-electron chi connectivity index (χ0n) is 12.6. The molecule has 0 saturated carbocycles. The maximum atomic E-state index is 12.3. The molecule has 1 amide bonds. The van der Waals surface area contributed by atoms with Crippen molar-refractivity contribution in [2.75, 3.05) is 0 Å². The molecular formula is C14H22BNO4. The minimum absolute atomic E-state index is 0.170. The van der Waals surface area contributed by atoms with Gasteiger partial charge in [-0.2, -0.15) is 0 Å². The summed E-state index contributed by atoms with van der Waals surface area (Å²) in [5.74, 6) is 0. The largest absolute Gasteiger partial charge is 0.717 e. The van der Waals surface area contributed by atoms with Crippen molar-refractivity contribution < 1.29 is 18.8 Å². The number of hydrogen-bond donors (Lipinski definition) is 0. The lowest BCUT2D eigenvalue weighted by atomic mass is 9.90. The van der Waals surface area contributed by atoms with Gasteiger partial charge in [0.2, 0.25) is 0 Å². The third kappa shape index (κ3) is 2.15. The average Bonchev–Trinajstić information content (AvgIpc) is 2.69. The lowest BCUT2D eigenvalue weighted by Crippen LogP contribution is -2.45. The second-order valence-corrected chi connectivity index (χ2v) is 6.80. The third-order valence-corrected chi connectivity index (χ3v) is 4.95. The Morgan fingerprint density at radius 1 is 1.25 bits per heavy atom. The van der Waals surface area contributed by atoms with E-state index in [9.17, 15) is 4.79 Å². The summed E-state index contributed by atoms with van der Waals surface area (Å²) in [5.41, 5.74) is -0.975. The van der Waals surface area contributed by atoms with Crippen LogP contribution in [0.15, 0.2) is 12.2 Å². The van der Waals surface area contributed by atoms with Crippen LogP contribution in [0.3, 0.4) is 0 Å². The maximum Gasteiger partial charge on any atom is 0.717 e. The van der Waals surface area contributed by atoms with Crippen molar-refractivity contribution in [3.8, 4) is 0 Å². The molecule has 2 fully saturated rings. The van der Waals surface area contributed by atoms with Crippen LogP contribution in [0.2, 0.25) is 0 Å². The molecule has 0 aromatic heterocycles. The lowest BCUT2D eigenvalue weighted by molar-refractivity contribution is 0.00578. The van der Waals surface area contributed by atoms with Gasteiger partial charge in [-0.3, -0.25) is 4.90 Å². The van der Waals surface area contributed by atoms with Crippen LogP contribution in [0.1, 0.15) is 47.0 Å². The van der Waals surface area contributed by atoms with Gasteiger partial charge in [0.15, 0.2) is 0 Å². The minimum Gasteiger partial charge on any atom is -0.468 e. The number of hydrogen-bond acceptors (Lipinski definition) is 4. The van der Waals surface area contributed by atoms with E-state index in [0.29, 0.717) is 0 Å². The second kappa shape index (κ2) is 4.50. The fourth-order valence-corrected chi connectivity index (χ4v) is 2.99. The van der Waals surface area contributed by atoms with Gasteiger partial charge in [0.1, 0.15) is 0 Å². The van der Waals surface area contributed by atoms with E-state index in [0.717, 1.165) is 19.3 Å². The molecule has 2 saturated heterocycles. The van der Waals surface area contributed by atoms with Crippen LogP contribution in [-0.4, -0.2) is 41.6 Å². The molecule has 3 heterocycles. The number of fused-ring (bicyclic) bond motifs is 2. The van der Waals surface area contributed by atoms with E-state index in [1.165, 1.54) is 0 Å². The SMILES string of the molecule is CC1(C)OB(OC(=O)N2C3C=CCC2CC3)OC1(C)C. The van der Waals surface area contributed by atoms with Gasteiger partial charge in [0.05, 0.1) is 17.2 Å². The fraction of sp³-hybridized carbons (Fsp3) is 0.786.